The van der Waals surface area contributed by atoms with Crippen LogP contribution in [0.5, 0.6) is 0 Å². The second-order valence-electron chi connectivity index (χ2n) is 5.62. The number of thioether (sulfide) groups is 1. The van der Waals surface area contributed by atoms with Crippen LogP contribution in [0, 0.1) is 0 Å². The molecule has 2 aliphatic rings. The Bertz CT molecular complexity index is 528. The molecule has 2 unspecified atom stereocenters. The van der Waals surface area contributed by atoms with Crippen LogP contribution in [0.25, 0.3) is 0 Å². The van der Waals surface area contributed by atoms with Crippen LogP contribution in [-0.4, -0.2) is 40.3 Å². The number of hydrogen-bond acceptors (Lipinski definition) is 3. The Balaban J connectivity index is 1.87. The van der Waals surface area contributed by atoms with E-state index in [4.69, 9.17) is 0 Å². The summed E-state index contributed by atoms with van der Waals surface area (Å²) in [5.74, 6) is 2.12. The molecule has 2 atom stereocenters. The third-order valence-electron chi connectivity index (χ3n) is 4.30. The minimum absolute atomic E-state index is 0.0326. The number of carbonyl (C=O) groups is 2. The molecular weight excluding hydrogens is 284 g/mol. The largest absolute Gasteiger partial charge is 0.339 e. The summed E-state index contributed by atoms with van der Waals surface area (Å²) in [6.07, 6.45) is 1.96. The van der Waals surface area contributed by atoms with Crippen molar-refractivity contribution < 1.29 is 9.59 Å². The van der Waals surface area contributed by atoms with Crippen LogP contribution in [0.4, 0.5) is 0 Å². The summed E-state index contributed by atoms with van der Waals surface area (Å²) in [6.45, 7) is 1.83. The maximum atomic E-state index is 12.9. The van der Waals surface area contributed by atoms with Crippen LogP contribution in [0.2, 0.25) is 0 Å². The Kier molecular flexibility index (Phi) is 4.19. The fourth-order valence-corrected chi connectivity index (χ4v) is 4.20. The van der Waals surface area contributed by atoms with Crippen molar-refractivity contribution in [2.24, 2.45) is 0 Å². The average Bonchev–Trinajstić information content (AvgIpc) is 2.53. The Labute approximate surface area is 129 Å². The van der Waals surface area contributed by atoms with Crippen molar-refractivity contribution in [3.8, 4) is 0 Å². The smallest absolute Gasteiger partial charge is 0.250 e. The first-order valence-corrected chi connectivity index (χ1v) is 8.59. The van der Waals surface area contributed by atoms with E-state index in [-0.39, 0.29) is 23.9 Å². The molecule has 112 valence electrons. The van der Waals surface area contributed by atoms with Crippen molar-refractivity contribution in [1.29, 1.82) is 0 Å². The third kappa shape index (κ3) is 2.79. The Morgan fingerprint density at radius 2 is 1.81 bits per heavy atom. The molecule has 2 aliphatic heterocycles. The van der Waals surface area contributed by atoms with E-state index >= 15 is 0 Å². The van der Waals surface area contributed by atoms with Gasteiger partial charge in [0.1, 0.15) is 12.1 Å². The number of rotatable bonds is 2. The summed E-state index contributed by atoms with van der Waals surface area (Å²) in [4.78, 5) is 27.0. The SMILES string of the molecule is CC1C(=O)NC(c2ccccc2)C(=O)N1C1CCSCC1. The van der Waals surface area contributed by atoms with Gasteiger partial charge in [0.15, 0.2) is 0 Å². The van der Waals surface area contributed by atoms with Gasteiger partial charge in [0.2, 0.25) is 5.91 Å². The molecule has 1 aromatic carbocycles. The van der Waals surface area contributed by atoms with Crippen LogP contribution in [-0.2, 0) is 9.59 Å². The van der Waals surface area contributed by atoms with Gasteiger partial charge >= 0.3 is 0 Å². The lowest BCUT2D eigenvalue weighted by atomic mass is 9.97. The monoisotopic (exact) mass is 304 g/mol. The highest BCUT2D eigenvalue weighted by atomic mass is 32.2. The predicted molar refractivity (Wildman–Crippen MR) is 84.0 cm³/mol. The zero-order chi connectivity index (χ0) is 14.8. The molecule has 1 N–H and O–H groups in total. The zero-order valence-electron chi connectivity index (χ0n) is 12.1. The van der Waals surface area contributed by atoms with E-state index in [9.17, 15) is 9.59 Å². The van der Waals surface area contributed by atoms with E-state index in [1.54, 1.807) is 0 Å². The van der Waals surface area contributed by atoms with Crippen LogP contribution >= 0.6 is 11.8 Å². The third-order valence-corrected chi connectivity index (χ3v) is 5.35. The standard InChI is InChI=1S/C16H20N2O2S/c1-11-15(19)17-14(12-5-3-2-4-6-12)16(20)18(11)13-7-9-21-10-8-13/h2-6,11,13-14H,7-10H2,1H3,(H,17,19). The fourth-order valence-electron chi connectivity index (χ4n) is 3.12. The number of carbonyl (C=O) groups excluding carboxylic acids is 2. The molecule has 2 fully saturated rings. The normalized spacial score (nSPS) is 27.6. The molecule has 0 aromatic heterocycles. The van der Waals surface area contributed by atoms with E-state index in [2.05, 4.69) is 5.32 Å². The number of benzene rings is 1. The molecule has 2 saturated heterocycles. The first kappa shape index (κ1) is 14.4. The summed E-state index contributed by atoms with van der Waals surface area (Å²) in [7, 11) is 0. The minimum atomic E-state index is -0.538. The number of hydrogen-bond donors (Lipinski definition) is 1. The summed E-state index contributed by atoms with van der Waals surface area (Å²) < 4.78 is 0. The van der Waals surface area contributed by atoms with Crippen LogP contribution < -0.4 is 5.32 Å². The van der Waals surface area contributed by atoms with Gasteiger partial charge in [-0.05, 0) is 36.8 Å². The first-order valence-electron chi connectivity index (χ1n) is 7.43. The molecule has 1 aromatic rings. The fraction of sp³-hybridized carbons (Fsp3) is 0.500. The molecule has 2 amide bonds. The van der Waals surface area contributed by atoms with Crippen molar-refractivity contribution in [3.63, 3.8) is 0 Å². The lowest BCUT2D eigenvalue weighted by Gasteiger charge is -2.43. The van der Waals surface area contributed by atoms with Gasteiger partial charge in [0.05, 0.1) is 0 Å². The second kappa shape index (κ2) is 6.10. The predicted octanol–water partition coefficient (Wildman–Crippen LogP) is 1.97. The molecule has 0 bridgehead atoms. The zero-order valence-corrected chi connectivity index (χ0v) is 12.9. The molecule has 3 rings (SSSR count). The van der Waals surface area contributed by atoms with Crippen LogP contribution in [0.15, 0.2) is 30.3 Å². The maximum Gasteiger partial charge on any atom is 0.250 e. The number of piperazine rings is 1. The maximum absolute atomic E-state index is 12.9. The van der Waals surface area contributed by atoms with Gasteiger partial charge in [-0.2, -0.15) is 11.8 Å². The molecule has 21 heavy (non-hydrogen) atoms. The summed E-state index contributed by atoms with van der Waals surface area (Å²) in [6, 6.07) is 8.79. The number of nitrogens with one attached hydrogen (secondary N) is 1. The summed E-state index contributed by atoms with van der Waals surface area (Å²) in [5.41, 5.74) is 0.859. The second-order valence-corrected chi connectivity index (χ2v) is 6.84. The van der Waals surface area contributed by atoms with Gasteiger partial charge < -0.3 is 10.2 Å². The van der Waals surface area contributed by atoms with Crippen molar-refractivity contribution in [2.45, 2.75) is 37.9 Å². The highest BCUT2D eigenvalue weighted by Gasteiger charge is 2.42. The van der Waals surface area contributed by atoms with E-state index in [0.29, 0.717) is 0 Å². The van der Waals surface area contributed by atoms with E-state index in [1.807, 2.05) is 53.9 Å². The van der Waals surface area contributed by atoms with Gasteiger partial charge in [0, 0.05) is 6.04 Å². The van der Waals surface area contributed by atoms with Gasteiger partial charge in [0.25, 0.3) is 5.91 Å². The van der Waals surface area contributed by atoms with Gasteiger partial charge in [-0.3, -0.25) is 9.59 Å². The summed E-state index contributed by atoms with van der Waals surface area (Å²) >= 11 is 1.92. The molecule has 2 heterocycles. The molecule has 0 saturated carbocycles. The number of nitrogens with zero attached hydrogens (tertiary/aromatic N) is 1. The van der Waals surface area contributed by atoms with E-state index in [1.165, 1.54) is 0 Å². The highest BCUT2D eigenvalue weighted by Crippen LogP contribution is 2.29. The average molecular weight is 304 g/mol. The highest BCUT2D eigenvalue weighted by molar-refractivity contribution is 7.99. The molecule has 0 aliphatic carbocycles. The van der Waals surface area contributed by atoms with E-state index < -0.39 is 6.04 Å². The van der Waals surface area contributed by atoms with Crippen molar-refractivity contribution in [3.05, 3.63) is 35.9 Å². The Hall–Kier alpha value is -1.49. The molecule has 0 radical (unpaired) electrons. The molecule has 0 spiro atoms. The quantitative estimate of drug-likeness (QED) is 0.909. The van der Waals surface area contributed by atoms with Gasteiger partial charge in [-0.25, -0.2) is 0 Å². The lowest BCUT2D eigenvalue weighted by molar-refractivity contribution is -0.151. The molecule has 5 heteroatoms. The lowest BCUT2D eigenvalue weighted by Crippen LogP contribution is -2.61. The van der Waals surface area contributed by atoms with Gasteiger partial charge in [-0.15, -0.1) is 0 Å². The summed E-state index contributed by atoms with van der Waals surface area (Å²) in [5, 5.41) is 2.87. The van der Waals surface area contributed by atoms with Crippen LogP contribution in [0.1, 0.15) is 31.4 Å². The Morgan fingerprint density at radius 3 is 2.48 bits per heavy atom. The first-order chi connectivity index (χ1) is 10.2. The van der Waals surface area contributed by atoms with Crippen molar-refractivity contribution in [2.75, 3.05) is 11.5 Å². The molecular formula is C16H20N2O2S. The molecule has 4 nitrogen and oxygen atoms in total. The Morgan fingerprint density at radius 1 is 1.14 bits per heavy atom. The van der Waals surface area contributed by atoms with Crippen molar-refractivity contribution in [1.82, 2.24) is 10.2 Å². The van der Waals surface area contributed by atoms with Gasteiger partial charge in [-0.1, -0.05) is 30.3 Å². The van der Waals surface area contributed by atoms with E-state index in [0.717, 1.165) is 29.9 Å². The minimum Gasteiger partial charge on any atom is -0.339 e. The van der Waals surface area contributed by atoms with Crippen molar-refractivity contribution >= 4 is 23.6 Å². The topological polar surface area (TPSA) is 49.4 Å². The number of amides is 2. The van der Waals surface area contributed by atoms with Crippen LogP contribution in [0.3, 0.4) is 0 Å².